The lowest BCUT2D eigenvalue weighted by Gasteiger charge is -2.22. The van der Waals surface area contributed by atoms with E-state index in [-0.39, 0.29) is 0 Å². The van der Waals surface area contributed by atoms with Gasteiger partial charge in [-0.2, -0.15) is 0 Å². The molecule has 0 amide bonds. The van der Waals surface area contributed by atoms with Gasteiger partial charge in [0.1, 0.15) is 0 Å². The lowest BCUT2D eigenvalue weighted by Crippen LogP contribution is -2.20. The molecular formula is C13H20N2. The normalized spacial score (nSPS) is 17.9. The van der Waals surface area contributed by atoms with E-state index in [2.05, 4.69) is 29.7 Å². The van der Waals surface area contributed by atoms with Gasteiger partial charge in [0.2, 0.25) is 0 Å². The smallest absolute Gasteiger partial charge is 0.0348 e. The van der Waals surface area contributed by atoms with Crippen LogP contribution in [0.15, 0.2) is 24.3 Å². The van der Waals surface area contributed by atoms with Gasteiger partial charge in [0.05, 0.1) is 0 Å². The number of hydrogen-bond acceptors (Lipinski definition) is 2. The van der Waals surface area contributed by atoms with Crippen LogP contribution in [0.3, 0.4) is 0 Å². The Hall–Kier alpha value is -0.860. The molecule has 2 heteroatoms. The summed E-state index contributed by atoms with van der Waals surface area (Å²) in [6, 6.07) is 8.90. The Morgan fingerprint density at radius 2 is 1.73 bits per heavy atom. The zero-order chi connectivity index (χ0) is 10.5. The predicted molar refractivity (Wildman–Crippen MR) is 63.3 cm³/mol. The van der Waals surface area contributed by atoms with Crippen LogP contribution in [-0.4, -0.2) is 0 Å². The van der Waals surface area contributed by atoms with Crippen molar-refractivity contribution in [3.05, 3.63) is 35.4 Å². The summed E-state index contributed by atoms with van der Waals surface area (Å²) in [5, 5.41) is 0. The highest BCUT2D eigenvalue weighted by atomic mass is 15.2. The van der Waals surface area contributed by atoms with Gasteiger partial charge >= 0.3 is 0 Å². The highest BCUT2D eigenvalue weighted by Gasteiger charge is 2.14. The molecule has 0 atom stereocenters. The summed E-state index contributed by atoms with van der Waals surface area (Å²) in [5.41, 5.74) is 5.45. The highest BCUT2D eigenvalue weighted by Crippen LogP contribution is 2.32. The largest absolute Gasteiger partial charge is 0.271 e. The Morgan fingerprint density at radius 1 is 1.07 bits per heavy atom. The second-order valence-corrected chi connectivity index (χ2v) is 4.46. The van der Waals surface area contributed by atoms with Crippen LogP contribution in [0.5, 0.6) is 0 Å². The maximum Gasteiger partial charge on any atom is 0.0348 e. The van der Waals surface area contributed by atoms with Gasteiger partial charge in [-0.15, -0.1) is 0 Å². The van der Waals surface area contributed by atoms with Crippen LogP contribution < -0.4 is 11.3 Å². The molecular weight excluding hydrogens is 184 g/mol. The maximum absolute atomic E-state index is 5.29. The maximum atomic E-state index is 5.29. The SMILES string of the molecule is NNCc1ccc(C2CCCCC2)cc1. The van der Waals surface area contributed by atoms with Crippen LogP contribution in [0.2, 0.25) is 0 Å². The van der Waals surface area contributed by atoms with Gasteiger partial charge in [-0.05, 0) is 29.9 Å². The van der Waals surface area contributed by atoms with Crippen LogP contribution >= 0.6 is 0 Å². The molecule has 1 aromatic rings. The first-order chi connectivity index (χ1) is 7.40. The molecule has 1 aromatic carbocycles. The lowest BCUT2D eigenvalue weighted by molar-refractivity contribution is 0.443. The lowest BCUT2D eigenvalue weighted by atomic mass is 9.84. The minimum atomic E-state index is 0.755. The van der Waals surface area contributed by atoms with Crippen LogP contribution in [-0.2, 0) is 6.54 Å². The number of hydrogen-bond donors (Lipinski definition) is 2. The molecule has 3 N–H and O–H groups in total. The molecule has 1 saturated carbocycles. The predicted octanol–water partition coefficient (Wildman–Crippen LogP) is 2.70. The summed E-state index contributed by atoms with van der Waals surface area (Å²) in [4.78, 5) is 0. The highest BCUT2D eigenvalue weighted by molar-refractivity contribution is 5.25. The second-order valence-electron chi connectivity index (χ2n) is 4.46. The fourth-order valence-electron chi connectivity index (χ4n) is 2.46. The zero-order valence-electron chi connectivity index (χ0n) is 9.21. The van der Waals surface area contributed by atoms with Crippen LogP contribution in [0.1, 0.15) is 49.1 Å². The zero-order valence-corrected chi connectivity index (χ0v) is 9.21. The number of rotatable bonds is 3. The molecule has 0 spiro atoms. The summed E-state index contributed by atoms with van der Waals surface area (Å²) in [7, 11) is 0. The first kappa shape index (κ1) is 10.7. The van der Waals surface area contributed by atoms with E-state index in [1.54, 1.807) is 0 Å². The average Bonchev–Trinajstić information content (AvgIpc) is 2.32. The van der Waals surface area contributed by atoms with Crippen LogP contribution in [0, 0.1) is 0 Å². The van der Waals surface area contributed by atoms with Gasteiger partial charge in [-0.1, -0.05) is 43.5 Å². The number of nitrogens with two attached hydrogens (primary N) is 1. The Balaban J connectivity index is 2.02. The van der Waals surface area contributed by atoms with Crippen molar-refractivity contribution in [2.75, 3.05) is 0 Å². The molecule has 0 aliphatic heterocycles. The molecule has 1 aliphatic carbocycles. The Kier molecular flexibility index (Phi) is 3.75. The van der Waals surface area contributed by atoms with Gasteiger partial charge in [0.15, 0.2) is 0 Å². The summed E-state index contributed by atoms with van der Waals surface area (Å²) < 4.78 is 0. The van der Waals surface area contributed by atoms with Crippen molar-refractivity contribution < 1.29 is 0 Å². The van der Waals surface area contributed by atoms with Gasteiger partial charge in [-0.25, -0.2) is 0 Å². The van der Waals surface area contributed by atoms with E-state index >= 15 is 0 Å². The quantitative estimate of drug-likeness (QED) is 0.587. The second kappa shape index (κ2) is 5.29. The molecule has 0 radical (unpaired) electrons. The van der Waals surface area contributed by atoms with Crippen molar-refractivity contribution >= 4 is 0 Å². The standard InChI is InChI=1S/C13H20N2/c14-15-10-11-6-8-13(9-7-11)12-4-2-1-3-5-12/h6-9,12,15H,1-5,10,14H2. The number of nitrogens with one attached hydrogen (secondary N) is 1. The molecule has 1 aliphatic rings. The van der Waals surface area contributed by atoms with E-state index in [1.807, 2.05) is 0 Å². The third kappa shape index (κ3) is 2.80. The van der Waals surface area contributed by atoms with E-state index < -0.39 is 0 Å². The van der Waals surface area contributed by atoms with E-state index in [1.165, 1.54) is 43.2 Å². The average molecular weight is 204 g/mol. The topological polar surface area (TPSA) is 38.0 Å². The third-order valence-electron chi connectivity index (χ3n) is 3.36. The minimum Gasteiger partial charge on any atom is -0.271 e. The third-order valence-corrected chi connectivity index (χ3v) is 3.36. The van der Waals surface area contributed by atoms with E-state index in [4.69, 9.17) is 5.84 Å². The van der Waals surface area contributed by atoms with Crippen molar-refractivity contribution in [1.29, 1.82) is 0 Å². The Bertz CT molecular complexity index is 286. The molecule has 0 bridgehead atoms. The molecule has 0 unspecified atom stereocenters. The minimum absolute atomic E-state index is 0.755. The molecule has 0 saturated heterocycles. The molecule has 1 fully saturated rings. The van der Waals surface area contributed by atoms with Gasteiger partial charge < -0.3 is 0 Å². The molecule has 0 aromatic heterocycles. The molecule has 82 valence electrons. The van der Waals surface area contributed by atoms with E-state index in [0.717, 1.165) is 12.5 Å². The van der Waals surface area contributed by atoms with Crippen molar-refractivity contribution in [1.82, 2.24) is 5.43 Å². The van der Waals surface area contributed by atoms with E-state index in [0.29, 0.717) is 0 Å². The monoisotopic (exact) mass is 204 g/mol. The van der Waals surface area contributed by atoms with Crippen LogP contribution in [0.4, 0.5) is 0 Å². The van der Waals surface area contributed by atoms with Crippen LogP contribution in [0.25, 0.3) is 0 Å². The summed E-state index contributed by atoms with van der Waals surface area (Å²) >= 11 is 0. The van der Waals surface area contributed by atoms with Crippen molar-refractivity contribution in [2.45, 2.75) is 44.6 Å². The van der Waals surface area contributed by atoms with E-state index in [9.17, 15) is 0 Å². The fourth-order valence-corrected chi connectivity index (χ4v) is 2.46. The first-order valence-electron chi connectivity index (χ1n) is 5.92. The Morgan fingerprint density at radius 3 is 2.33 bits per heavy atom. The number of hydrazine groups is 1. The molecule has 2 rings (SSSR count). The first-order valence-corrected chi connectivity index (χ1v) is 5.92. The van der Waals surface area contributed by atoms with Crippen molar-refractivity contribution in [2.24, 2.45) is 5.84 Å². The Labute approximate surface area is 91.8 Å². The van der Waals surface area contributed by atoms with Gasteiger partial charge in [0, 0.05) is 6.54 Å². The molecule has 0 heterocycles. The van der Waals surface area contributed by atoms with Crippen molar-refractivity contribution in [3.63, 3.8) is 0 Å². The summed E-state index contributed by atoms with van der Waals surface area (Å²) in [5.74, 6) is 6.10. The summed E-state index contributed by atoms with van der Waals surface area (Å²) in [6.45, 7) is 0.755. The van der Waals surface area contributed by atoms with Gasteiger partial charge in [0.25, 0.3) is 0 Å². The molecule has 15 heavy (non-hydrogen) atoms. The molecule has 2 nitrogen and oxygen atoms in total. The van der Waals surface area contributed by atoms with Gasteiger partial charge in [-0.3, -0.25) is 11.3 Å². The summed E-state index contributed by atoms with van der Waals surface area (Å²) in [6.07, 6.45) is 6.96. The van der Waals surface area contributed by atoms with Crippen molar-refractivity contribution in [3.8, 4) is 0 Å². The fraction of sp³-hybridized carbons (Fsp3) is 0.538. The number of benzene rings is 1.